The van der Waals surface area contributed by atoms with Gasteiger partial charge in [0.25, 0.3) is 5.89 Å². The standard InChI is InChI=1S/C14H17N3O3/c15-11-5-1-2-6-12(11)19-9-14-16-13(17-20-14)8-10-4-3-7-18-10/h1-2,5-6,10H,3-4,7-9,15H2. The quantitative estimate of drug-likeness (QED) is 0.840. The molecule has 0 spiro atoms. The van der Waals surface area contributed by atoms with Crippen molar-refractivity contribution in [2.24, 2.45) is 0 Å². The summed E-state index contributed by atoms with van der Waals surface area (Å²) in [5.41, 5.74) is 6.38. The normalized spacial score (nSPS) is 18.3. The minimum atomic E-state index is 0.214. The predicted molar refractivity (Wildman–Crippen MR) is 72.2 cm³/mol. The number of rotatable bonds is 5. The van der Waals surface area contributed by atoms with Crippen molar-refractivity contribution >= 4 is 5.69 Å². The molecule has 1 aromatic carbocycles. The summed E-state index contributed by atoms with van der Waals surface area (Å²) in [7, 11) is 0. The van der Waals surface area contributed by atoms with E-state index in [1.807, 2.05) is 12.1 Å². The number of aromatic nitrogens is 2. The predicted octanol–water partition coefficient (Wildman–Crippen LogP) is 1.95. The molecule has 1 atom stereocenters. The maximum absolute atomic E-state index is 5.79. The molecule has 2 N–H and O–H groups in total. The maximum Gasteiger partial charge on any atom is 0.264 e. The number of nitrogen functional groups attached to an aromatic ring is 1. The fourth-order valence-electron chi connectivity index (χ4n) is 2.19. The molecule has 20 heavy (non-hydrogen) atoms. The number of nitrogens with zero attached hydrogens (tertiary/aromatic N) is 2. The monoisotopic (exact) mass is 275 g/mol. The van der Waals surface area contributed by atoms with Crippen LogP contribution in [0.25, 0.3) is 0 Å². The lowest BCUT2D eigenvalue weighted by Crippen LogP contribution is -2.10. The molecule has 106 valence electrons. The fraction of sp³-hybridized carbons (Fsp3) is 0.429. The lowest BCUT2D eigenvalue weighted by Gasteiger charge is -2.05. The molecule has 1 unspecified atom stereocenters. The van der Waals surface area contributed by atoms with Crippen molar-refractivity contribution in [2.45, 2.75) is 32.0 Å². The van der Waals surface area contributed by atoms with E-state index in [0.717, 1.165) is 19.4 Å². The highest BCUT2D eigenvalue weighted by Crippen LogP contribution is 2.21. The van der Waals surface area contributed by atoms with Crippen molar-refractivity contribution in [3.05, 3.63) is 36.0 Å². The Balaban J connectivity index is 1.56. The van der Waals surface area contributed by atoms with Gasteiger partial charge in [-0.05, 0) is 25.0 Å². The lowest BCUT2D eigenvalue weighted by molar-refractivity contribution is 0.109. The van der Waals surface area contributed by atoms with Crippen LogP contribution >= 0.6 is 0 Å². The van der Waals surface area contributed by atoms with Crippen molar-refractivity contribution < 1.29 is 14.0 Å². The van der Waals surface area contributed by atoms with Gasteiger partial charge in [-0.3, -0.25) is 0 Å². The van der Waals surface area contributed by atoms with E-state index in [9.17, 15) is 0 Å². The van der Waals surface area contributed by atoms with Crippen molar-refractivity contribution in [2.75, 3.05) is 12.3 Å². The zero-order chi connectivity index (χ0) is 13.8. The highest BCUT2D eigenvalue weighted by Gasteiger charge is 2.19. The largest absolute Gasteiger partial charge is 0.482 e. The van der Waals surface area contributed by atoms with E-state index in [4.69, 9.17) is 19.7 Å². The molecule has 0 amide bonds. The SMILES string of the molecule is Nc1ccccc1OCc1nc(CC2CCCO2)no1. The molecule has 0 aliphatic carbocycles. The Bertz CT molecular complexity index is 564. The van der Waals surface area contributed by atoms with Crippen LogP contribution in [0.5, 0.6) is 5.75 Å². The molecule has 1 aliphatic rings. The minimum Gasteiger partial charge on any atom is -0.482 e. The van der Waals surface area contributed by atoms with Crippen LogP contribution in [0.2, 0.25) is 0 Å². The Morgan fingerprint density at radius 2 is 2.25 bits per heavy atom. The zero-order valence-electron chi connectivity index (χ0n) is 11.1. The second-order valence-corrected chi connectivity index (χ2v) is 4.77. The first-order valence-electron chi connectivity index (χ1n) is 6.71. The van der Waals surface area contributed by atoms with Crippen LogP contribution in [0.1, 0.15) is 24.6 Å². The van der Waals surface area contributed by atoms with Gasteiger partial charge < -0.3 is 19.7 Å². The highest BCUT2D eigenvalue weighted by atomic mass is 16.5. The zero-order valence-corrected chi connectivity index (χ0v) is 11.1. The van der Waals surface area contributed by atoms with Gasteiger partial charge in [-0.25, -0.2) is 0 Å². The van der Waals surface area contributed by atoms with Gasteiger partial charge >= 0.3 is 0 Å². The van der Waals surface area contributed by atoms with Crippen LogP contribution in [0.3, 0.4) is 0 Å². The molecule has 1 aromatic heterocycles. The van der Waals surface area contributed by atoms with Crippen LogP contribution < -0.4 is 10.5 Å². The third kappa shape index (κ3) is 3.08. The summed E-state index contributed by atoms with van der Waals surface area (Å²) in [6.45, 7) is 1.04. The molecule has 0 radical (unpaired) electrons. The Labute approximate surface area is 116 Å². The Morgan fingerprint density at radius 1 is 1.35 bits per heavy atom. The topological polar surface area (TPSA) is 83.4 Å². The molecule has 2 heterocycles. The van der Waals surface area contributed by atoms with Gasteiger partial charge in [-0.1, -0.05) is 17.3 Å². The number of benzene rings is 1. The lowest BCUT2D eigenvalue weighted by atomic mass is 10.2. The molecule has 1 saturated heterocycles. The van der Waals surface area contributed by atoms with Crippen molar-refractivity contribution in [3.63, 3.8) is 0 Å². The summed E-state index contributed by atoms with van der Waals surface area (Å²) in [5.74, 6) is 1.73. The second kappa shape index (κ2) is 5.92. The number of anilines is 1. The molecule has 0 saturated carbocycles. The van der Waals surface area contributed by atoms with E-state index >= 15 is 0 Å². The summed E-state index contributed by atoms with van der Waals surface area (Å²) in [6, 6.07) is 7.31. The molecule has 0 bridgehead atoms. The third-order valence-electron chi connectivity index (χ3n) is 3.21. The molecule has 1 aliphatic heterocycles. The molecule has 3 rings (SSSR count). The third-order valence-corrected chi connectivity index (χ3v) is 3.21. The van der Waals surface area contributed by atoms with E-state index in [0.29, 0.717) is 29.6 Å². The molecule has 6 nitrogen and oxygen atoms in total. The van der Waals surface area contributed by atoms with E-state index in [1.54, 1.807) is 12.1 Å². The van der Waals surface area contributed by atoms with Gasteiger partial charge in [0.2, 0.25) is 0 Å². The van der Waals surface area contributed by atoms with Gasteiger partial charge in [0.1, 0.15) is 5.75 Å². The summed E-state index contributed by atoms with van der Waals surface area (Å²) in [6.07, 6.45) is 3.06. The van der Waals surface area contributed by atoms with Gasteiger partial charge in [0.05, 0.1) is 11.8 Å². The molecular formula is C14H17N3O3. The number of nitrogens with two attached hydrogens (primary N) is 1. The van der Waals surface area contributed by atoms with E-state index < -0.39 is 0 Å². The number of para-hydroxylation sites is 2. The minimum absolute atomic E-state index is 0.214. The van der Waals surface area contributed by atoms with Crippen LogP contribution in [-0.2, 0) is 17.8 Å². The Morgan fingerprint density at radius 3 is 3.05 bits per heavy atom. The Hall–Kier alpha value is -2.08. The number of ether oxygens (including phenoxy) is 2. The van der Waals surface area contributed by atoms with Crippen LogP contribution in [-0.4, -0.2) is 22.9 Å². The molecule has 6 heteroatoms. The van der Waals surface area contributed by atoms with Crippen molar-refractivity contribution in [1.29, 1.82) is 0 Å². The average Bonchev–Trinajstić information content (AvgIpc) is 3.10. The first-order chi connectivity index (χ1) is 9.81. The van der Waals surface area contributed by atoms with Crippen molar-refractivity contribution in [3.8, 4) is 5.75 Å². The summed E-state index contributed by atoms with van der Waals surface area (Å²) in [4.78, 5) is 4.29. The maximum atomic E-state index is 5.79. The summed E-state index contributed by atoms with van der Waals surface area (Å²) in [5, 5.41) is 3.94. The fourth-order valence-corrected chi connectivity index (χ4v) is 2.19. The van der Waals surface area contributed by atoms with Gasteiger partial charge in [0.15, 0.2) is 12.4 Å². The molecule has 1 fully saturated rings. The second-order valence-electron chi connectivity index (χ2n) is 4.77. The molecular weight excluding hydrogens is 258 g/mol. The molecule has 2 aromatic rings. The van der Waals surface area contributed by atoms with Crippen molar-refractivity contribution in [1.82, 2.24) is 10.1 Å². The first-order valence-corrected chi connectivity index (χ1v) is 6.71. The Kier molecular flexibility index (Phi) is 3.83. The van der Waals surface area contributed by atoms with E-state index in [-0.39, 0.29) is 12.7 Å². The summed E-state index contributed by atoms with van der Waals surface area (Å²) < 4.78 is 16.2. The van der Waals surface area contributed by atoms with Gasteiger partial charge in [0, 0.05) is 13.0 Å². The van der Waals surface area contributed by atoms with E-state index in [1.165, 1.54) is 0 Å². The van der Waals surface area contributed by atoms with Crippen LogP contribution in [0, 0.1) is 0 Å². The van der Waals surface area contributed by atoms with Crippen LogP contribution in [0.4, 0.5) is 5.69 Å². The highest BCUT2D eigenvalue weighted by molar-refractivity contribution is 5.51. The van der Waals surface area contributed by atoms with Crippen LogP contribution in [0.15, 0.2) is 28.8 Å². The average molecular weight is 275 g/mol. The summed E-state index contributed by atoms with van der Waals surface area (Å²) >= 11 is 0. The first kappa shape index (κ1) is 12.9. The smallest absolute Gasteiger partial charge is 0.264 e. The number of hydrogen-bond acceptors (Lipinski definition) is 6. The van der Waals surface area contributed by atoms with Gasteiger partial charge in [-0.15, -0.1) is 0 Å². The van der Waals surface area contributed by atoms with Gasteiger partial charge in [-0.2, -0.15) is 4.98 Å². The van der Waals surface area contributed by atoms with E-state index in [2.05, 4.69) is 10.1 Å². The number of hydrogen-bond donors (Lipinski definition) is 1.